The highest BCUT2D eigenvalue weighted by atomic mass is 16.7. The molecule has 0 aromatic rings. The summed E-state index contributed by atoms with van der Waals surface area (Å²) in [6.07, 6.45) is 7.28. The summed E-state index contributed by atoms with van der Waals surface area (Å²) in [5.41, 5.74) is 0. The minimum atomic E-state index is -0.286. The molecule has 1 aliphatic carbocycles. The van der Waals surface area contributed by atoms with Crippen LogP contribution in [-0.2, 0) is 9.47 Å². The lowest BCUT2D eigenvalue weighted by molar-refractivity contribution is -0.175. The molecule has 1 unspecified atom stereocenters. The van der Waals surface area contributed by atoms with E-state index in [2.05, 4.69) is 15.6 Å². The Balaban J connectivity index is 1.80. The Bertz CT molecular complexity index is 286. The van der Waals surface area contributed by atoms with Crippen molar-refractivity contribution >= 4 is 5.96 Å². The molecule has 2 aliphatic rings. The van der Waals surface area contributed by atoms with Gasteiger partial charge in [-0.05, 0) is 12.8 Å². The first-order valence-electron chi connectivity index (χ1n) is 6.98. The zero-order valence-corrected chi connectivity index (χ0v) is 11.5. The molecular weight excluding hydrogens is 230 g/mol. The van der Waals surface area contributed by atoms with Crippen molar-refractivity contribution in [3.05, 3.63) is 0 Å². The van der Waals surface area contributed by atoms with E-state index in [9.17, 15) is 0 Å². The second-order valence-electron chi connectivity index (χ2n) is 5.08. The van der Waals surface area contributed by atoms with Gasteiger partial charge in [0.25, 0.3) is 0 Å². The zero-order valence-electron chi connectivity index (χ0n) is 11.5. The summed E-state index contributed by atoms with van der Waals surface area (Å²) >= 11 is 0. The Morgan fingerprint density at radius 1 is 1.28 bits per heavy atom. The third-order valence-electron chi connectivity index (χ3n) is 3.74. The molecule has 0 bridgehead atoms. The van der Waals surface area contributed by atoms with Gasteiger partial charge in [0.05, 0.1) is 6.61 Å². The van der Waals surface area contributed by atoms with Crippen molar-refractivity contribution in [3.8, 4) is 0 Å². The van der Waals surface area contributed by atoms with Crippen LogP contribution in [0.15, 0.2) is 4.99 Å². The fourth-order valence-corrected chi connectivity index (χ4v) is 2.74. The van der Waals surface area contributed by atoms with E-state index >= 15 is 0 Å². The van der Waals surface area contributed by atoms with Crippen molar-refractivity contribution in [1.29, 1.82) is 0 Å². The molecule has 0 amide bonds. The number of nitrogens with one attached hydrogen (secondary N) is 2. The first kappa shape index (κ1) is 13.6. The van der Waals surface area contributed by atoms with E-state index in [-0.39, 0.29) is 11.9 Å². The first-order chi connectivity index (χ1) is 8.78. The monoisotopic (exact) mass is 255 g/mol. The first-order valence-corrected chi connectivity index (χ1v) is 6.98. The molecule has 1 spiro atoms. The van der Waals surface area contributed by atoms with E-state index in [0.29, 0.717) is 6.61 Å². The smallest absolute Gasteiger partial charge is 0.190 e. The fourth-order valence-electron chi connectivity index (χ4n) is 2.74. The predicted octanol–water partition coefficient (Wildman–Crippen LogP) is 1.25. The molecule has 104 valence electrons. The number of aliphatic imine (C=N–C) groups is 1. The molecule has 1 atom stereocenters. The van der Waals surface area contributed by atoms with Gasteiger partial charge in [-0.2, -0.15) is 0 Å². The molecule has 2 N–H and O–H groups in total. The molecule has 2 rings (SSSR count). The van der Waals surface area contributed by atoms with E-state index in [1.807, 2.05) is 7.05 Å². The van der Waals surface area contributed by atoms with Crippen molar-refractivity contribution in [2.75, 3.05) is 27.2 Å². The molecule has 0 aromatic carbocycles. The summed E-state index contributed by atoms with van der Waals surface area (Å²) in [6, 6.07) is 0. The summed E-state index contributed by atoms with van der Waals surface area (Å²) in [5.74, 6) is 0.506. The Hall–Kier alpha value is -0.810. The fraction of sp³-hybridized carbons (Fsp3) is 0.923. The van der Waals surface area contributed by atoms with Crippen LogP contribution in [0.5, 0.6) is 0 Å². The lowest BCUT2D eigenvalue weighted by atomic mass is 10.1. The summed E-state index contributed by atoms with van der Waals surface area (Å²) in [5, 5.41) is 6.23. The lowest BCUT2D eigenvalue weighted by Gasteiger charge is -2.26. The molecule has 0 radical (unpaired) electrons. The van der Waals surface area contributed by atoms with Gasteiger partial charge in [0.2, 0.25) is 0 Å². The van der Waals surface area contributed by atoms with Gasteiger partial charge in [-0.15, -0.1) is 0 Å². The van der Waals surface area contributed by atoms with Gasteiger partial charge < -0.3 is 20.1 Å². The Labute approximate surface area is 109 Å². The number of hydrogen-bond acceptors (Lipinski definition) is 3. The molecule has 1 aliphatic heterocycles. The van der Waals surface area contributed by atoms with E-state index in [1.54, 1.807) is 7.05 Å². The van der Waals surface area contributed by atoms with Crippen LogP contribution in [0.3, 0.4) is 0 Å². The topological polar surface area (TPSA) is 54.9 Å². The van der Waals surface area contributed by atoms with Crippen LogP contribution in [0.1, 0.15) is 38.5 Å². The molecular formula is C13H25N3O2. The van der Waals surface area contributed by atoms with Gasteiger partial charge in [0.15, 0.2) is 11.7 Å². The SMILES string of the molecule is CN=C(NC)NCC1COC2(CCCCCC2)O1. The van der Waals surface area contributed by atoms with Gasteiger partial charge >= 0.3 is 0 Å². The van der Waals surface area contributed by atoms with Crippen molar-refractivity contribution < 1.29 is 9.47 Å². The van der Waals surface area contributed by atoms with E-state index in [1.165, 1.54) is 25.7 Å². The maximum atomic E-state index is 6.14. The van der Waals surface area contributed by atoms with Crippen LogP contribution in [-0.4, -0.2) is 45.1 Å². The highest BCUT2D eigenvalue weighted by Gasteiger charge is 2.41. The molecule has 1 heterocycles. The molecule has 18 heavy (non-hydrogen) atoms. The third-order valence-corrected chi connectivity index (χ3v) is 3.74. The zero-order chi connectivity index (χ0) is 12.8. The van der Waals surface area contributed by atoms with Gasteiger partial charge in [-0.25, -0.2) is 0 Å². The third kappa shape index (κ3) is 3.36. The minimum Gasteiger partial charge on any atom is -0.359 e. The number of rotatable bonds is 2. The van der Waals surface area contributed by atoms with Crippen LogP contribution in [0.2, 0.25) is 0 Å². The van der Waals surface area contributed by atoms with Gasteiger partial charge in [0, 0.05) is 33.5 Å². The van der Waals surface area contributed by atoms with E-state index in [0.717, 1.165) is 25.3 Å². The predicted molar refractivity (Wildman–Crippen MR) is 71.7 cm³/mol. The Kier molecular flexibility index (Phi) is 4.83. The number of hydrogen-bond donors (Lipinski definition) is 2. The maximum Gasteiger partial charge on any atom is 0.190 e. The maximum absolute atomic E-state index is 6.14. The van der Waals surface area contributed by atoms with Crippen LogP contribution in [0.4, 0.5) is 0 Å². The standard InChI is InChI=1S/C13H25N3O2/c1-14-12(15-2)16-9-11-10-17-13(18-11)7-5-3-4-6-8-13/h11H,3-10H2,1-2H3,(H2,14,15,16). The Morgan fingerprint density at radius 3 is 2.61 bits per heavy atom. The van der Waals surface area contributed by atoms with Crippen molar-refractivity contribution in [1.82, 2.24) is 10.6 Å². The average molecular weight is 255 g/mol. The lowest BCUT2D eigenvalue weighted by Crippen LogP contribution is -2.40. The molecule has 1 saturated carbocycles. The molecule has 0 aromatic heterocycles. The molecule has 1 saturated heterocycles. The van der Waals surface area contributed by atoms with Gasteiger partial charge in [-0.3, -0.25) is 4.99 Å². The van der Waals surface area contributed by atoms with Crippen molar-refractivity contribution in [2.45, 2.75) is 50.4 Å². The second-order valence-corrected chi connectivity index (χ2v) is 5.08. The number of nitrogens with zero attached hydrogens (tertiary/aromatic N) is 1. The molecule has 2 fully saturated rings. The van der Waals surface area contributed by atoms with Crippen molar-refractivity contribution in [2.24, 2.45) is 4.99 Å². The number of ether oxygens (including phenoxy) is 2. The van der Waals surface area contributed by atoms with Crippen LogP contribution in [0, 0.1) is 0 Å². The van der Waals surface area contributed by atoms with Gasteiger partial charge in [0.1, 0.15) is 6.10 Å². The largest absolute Gasteiger partial charge is 0.359 e. The van der Waals surface area contributed by atoms with Crippen molar-refractivity contribution in [3.63, 3.8) is 0 Å². The summed E-state index contributed by atoms with van der Waals surface area (Å²) < 4.78 is 12.1. The van der Waals surface area contributed by atoms with Crippen LogP contribution in [0.25, 0.3) is 0 Å². The van der Waals surface area contributed by atoms with E-state index in [4.69, 9.17) is 9.47 Å². The number of guanidine groups is 1. The summed E-state index contributed by atoms with van der Waals surface area (Å²) in [4.78, 5) is 4.08. The highest BCUT2D eigenvalue weighted by Crippen LogP contribution is 2.36. The average Bonchev–Trinajstić information content (AvgIpc) is 2.64. The summed E-state index contributed by atoms with van der Waals surface area (Å²) in [7, 11) is 3.62. The molecule has 5 nitrogen and oxygen atoms in total. The molecule has 5 heteroatoms. The highest BCUT2D eigenvalue weighted by molar-refractivity contribution is 5.79. The second kappa shape index (κ2) is 6.38. The Morgan fingerprint density at radius 2 is 2.00 bits per heavy atom. The van der Waals surface area contributed by atoms with Gasteiger partial charge in [-0.1, -0.05) is 12.8 Å². The normalized spacial score (nSPS) is 28.1. The van der Waals surface area contributed by atoms with Crippen LogP contribution >= 0.6 is 0 Å². The quantitative estimate of drug-likeness (QED) is 0.576. The van der Waals surface area contributed by atoms with E-state index < -0.39 is 0 Å². The summed E-state index contributed by atoms with van der Waals surface area (Å²) in [6.45, 7) is 1.43. The van der Waals surface area contributed by atoms with Crippen LogP contribution < -0.4 is 10.6 Å². The minimum absolute atomic E-state index is 0.133.